The lowest BCUT2D eigenvalue weighted by Gasteiger charge is -2.02. The van der Waals surface area contributed by atoms with Crippen molar-refractivity contribution >= 4 is 23.5 Å². The smallest absolute Gasteiger partial charge is 0.325 e. The molecule has 0 saturated carbocycles. The molecule has 0 atom stereocenters. The van der Waals surface area contributed by atoms with Gasteiger partial charge in [0.15, 0.2) is 0 Å². The summed E-state index contributed by atoms with van der Waals surface area (Å²) in [6, 6.07) is 0. The molecule has 1 rings (SSSR count). The number of aliphatic carboxylic acids is 1. The van der Waals surface area contributed by atoms with Gasteiger partial charge in [0.1, 0.15) is 6.54 Å². The van der Waals surface area contributed by atoms with Crippen LogP contribution >= 0.6 is 0 Å². The predicted molar refractivity (Wildman–Crippen MR) is 64.4 cm³/mol. The van der Waals surface area contributed by atoms with E-state index in [-0.39, 0.29) is 31.9 Å². The highest BCUT2D eigenvalue weighted by Crippen LogP contribution is 2.06. The molecule has 0 aliphatic carbocycles. The molecule has 0 fully saturated rings. The SMILES string of the molecule is CCOC(=O)CCC(=O)Nc1cnn(CC(=O)O)c1. The van der Waals surface area contributed by atoms with Crippen LogP contribution in [-0.2, 0) is 25.7 Å². The van der Waals surface area contributed by atoms with Crippen LogP contribution in [0.1, 0.15) is 19.8 Å². The molecule has 1 aromatic rings. The summed E-state index contributed by atoms with van der Waals surface area (Å²) >= 11 is 0. The van der Waals surface area contributed by atoms with E-state index in [0.29, 0.717) is 5.69 Å². The minimum atomic E-state index is -1.02. The summed E-state index contributed by atoms with van der Waals surface area (Å²) in [6.45, 7) is 1.69. The molecule has 0 unspecified atom stereocenters. The maximum Gasteiger partial charge on any atom is 0.325 e. The number of rotatable bonds is 7. The maximum absolute atomic E-state index is 11.5. The molecule has 8 nitrogen and oxygen atoms in total. The Kier molecular flexibility index (Phi) is 5.52. The second-order valence-corrected chi connectivity index (χ2v) is 3.67. The van der Waals surface area contributed by atoms with Crippen LogP contribution in [0.15, 0.2) is 12.4 Å². The molecule has 2 N–H and O–H groups in total. The molecule has 19 heavy (non-hydrogen) atoms. The molecule has 0 radical (unpaired) electrons. The Bertz CT molecular complexity index is 469. The van der Waals surface area contributed by atoms with E-state index in [9.17, 15) is 14.4 Å². The average Bonchev–Trinajstić information content (AvgIpc) is 2.73. The average molecular weight is 269 g/mol. The Balaban J connectivity index is 2.38. The Labute approximate surface area is 109 Å². The van der Waals surface area contributed by atoms with Crippen LogP contribution in [0.3, 0.4) is 0 Å². The minimum absolute atomic E-state index is 0.00291. The minimum Gasteiger partial charge on any atom is -0.480 e. The van der Waals surface area contributed by atoms with Gasteiger partial charge in [-0.25, -0.2) is 0 Å². The van der Waals surface area contributed by atoms with Crippen LogP contribution in [-0.4, -0.2) is 39.3 Å². The van der Waals surface area contributed by atoms with Crippen LogP contribution < -0.4 is 5.32 Å². The molecule has 0 saturated heterocycles. The van der Waals surface area contributed by atoms with Crippen molar-refractivity contribution in [2.24, 2.45) is 0 Å². The van der Waals surface area contributed by atoms with Gasteiger partial charge in [0.25, 0.3) is 0 Å². The number of aromatic nitrogens is 2. The highest BCUT2D eigenvalue weighted by molar-refractivity contribution is 5.92. The number of anilines is 1. The molecule has 0 aromatic carbocycles. The van der Waals surface area contributed by atoms with Gasteiger partial charge in [-0.1, -0.05) is 0 Å². The molecule has 104 valence electrons. The van der Waals surface area contributed by atoms with Gasteiger partial charge in [0, 0.05) is 12.6 Å². The summed E-state index contributed by atoms with van der Waals surface area (Å²) in [6.07, 6.45) is 2.74. The lowest BCUT2D eigenvalue weighted by Crippen LogP contribution is -2.14. The first-order valence-electron chi connectivity index (χ1n) is 5.71. The second-order valence-electron chi connectivity index (χ2n) is 3.67. The fourth-order valence-corrected chi connectivity index (χ4v) is 1.33. The number of ether oxygens (including phenoxy) is 1. The Morgan fingerprint density at radius 1 is 1.42 bits per heavy atom. The normalized spacial score (nSPS) is 9.95. The van der Waals surface area contributed by atoms with Crippen molar-refractivity contribution in [1.29, 1.82) is 0 Å². The van der Waals surface area contributed by atoms with E-state index >= 15 is 0 Å². The maximum atomic E-state index is 11.5. The van der Waals surface area contributed by atoms with Gasteiger partial charge in [-0.3, -0.25) is 19.1 Å². The number of carboxylic acids is 1. The number of hydrogen-bond donors (Lipinski definition) is 2. The zero-order chi connectivity index (χ0) is 14.3. The van der Waals surface area contributed by atoms with Crippen LogP contribution in [0.2, 0.25) is 0 Å². The fraction of sp³-hybridized carbons (Fsp3) is 0.455. The molecule has 0 aliphatic rings. The van der Waals surface area contributed by atoms with Crippen LogP contribution in [0.25, 0.3) is 0 Å². The molecular formula is C11H15N3O5. The second kappa shape index (κ2) is 7.14. The third-order valence-electron chi connectivity index (χ3n) is 2.08. The predicted octanol–water partition coefficient (Wildman–Crippen LogP) is 0.249. The highest BCUT2D eigenvalue weighted by atomic mass is 16.5. The zero-order valence-electron chi connectivity index (χ0n) is 10.5. The van der Waals surface area contributed by atoms with Gasteiger partial charge in [0.2, 0.25) is 5.91 Å². The number of nitrogens with zero attached hydrogens (tertiary/aromatic N) is 2. The number of carbonyl (C=O) groups is 3. The van der Waals surface area contributed by atoms with E-state index in [1.54, 1.807) is 6.92 Å². The number of hydrogen-bond acceptors (Lipinski definition) is 5. The van der Waals surface area contributed by atoms with Gasteiger partial charge < -0.3 is 15.2 Å². The van der Waals surface area contributed by atoms with E-state index < -0.39 is 11.9 Å². The summed E-state index contributed by atoms with van der Waals surface area (Å²) < 4.78 is 5.87. The number of esters is 1. The van der Waals surface area contributed by atoms with Crippen LogP contribution in [0, 0.1) is 0 Å². The van der Waals surface area contributed by atoms with Gasteiger partial charge in [-0.15, -0.1) is 0 Å². The van der Waals surface area contributed by atoms with Crippen molar-refractivity contribution in [3.05, 3.63) is 12.4 Å². The Hall–Kier alpha value is -2.38. The first-order valence-corrected chi connectivity index (χ1v) is 5.71. The van der Waals surface area contributed by atoms with E-state index in [2.05, 4.69) is 15.2 Å². The third-order valence-corrected chi connectivity index (χ3v) is 2.08. The summed E-state index contributed by atoms with van der Waals surface area (Å²) in [5.41, 5.74) is 0.384. The Morgan fingerprint density at radius 3 is 2.79 bits per heavy atom. The molecule has 0 spiro atoms. The molecule has 1 aromatic heterocycles. The lowest BCUT2D eigenvalue weighted by molar-refractivity contribution is -0.144. The third kappa shape index (κ3) is 5.66. The van der Waals surface area contributed by atoms with Crippen LogP contribution in [0.5, 0.6) is 0 Å². The largest absolute Gasteiger partial charge is 0.480 e. The topological polar surface area (TPSA) is 111 Å². The van der Waals surface area contributed by atoms with Crippen molar-refractivity contribution in [2.75, 3.05) is 11.9 Å². The standard InChI is InChI=1S/C11H15N3O5/c1-2-19-11(18)4-3-9(15)13-8-5-12-14(6-8)7-10(16)17/h5-6H,2-4,7H2,1H3,(H,13,15)(H,16,17). The summed E-state index contributed by atoms with van der Waals surface area (Å²) in [7, 11) is 0. The van der Waals surface area contributed by atoms with Gasteiger partial charge >= 0.3 is 11.9 Å². The molecule has 1 amide bonds. The lowest BCUT2D eigenvalue weighted by atomic mass is 10.3. The Morgan fingerprint density at radius 2 is 2.16 bits per heavy atom. The zero-order valence-corrected chi connectivity index (χ0v) is 10.5. The molecule has 8 heteroatoms. The number of nitrogens with one attached hydrogen (secondary N) is 1. The van der Waals surface area contributed by atoms with Gasteiger partial charge in [-0.2, -0.15) is 5.10 Å². The van der Waals surface area contributed by atoms with E-state index in [0.717, 1.165) is 0 Å². The van der Waals surface area contributed by atoms with Gasteiger partial charge in [0.05, 0.1) is 24.9 Å². The van der Waals surface area contributed by atoms with Gasteiger partial charge in [-0.05, 0) is 6.92 Å². The summed E-state index contributed by atoms with van der Waals surface area (Å²) in [4.78, 5) is 33.0. The quantitative estimate of drug-likeness (QED) is 0.686. The van der Waals surface area contributed by atoms with Crippen molar-refractivity contribution in [1.82, 2.24) is 9.78 Å². The first kappa shape index (κ1) is 14.7. The van der Waals surface area contributed by atoms with Crippen LogP contribution in [0.4, 0.5) is 5.69 Å². The fourth-order valence-electron chi connectivity index (χ4n) is 1.33. The summed E-state index contributed by atoms with van der Waals surface area (Å²) in [5, 5.41) is 14.8. The molecule has 0 bridgehead atoms. The molecule has 0 aliphatic heterocycles. The van der Waals surface area contributed by atoms with E-state index in [1.165, 1.54) is 17.1 Å². The van der Waals surface area contributed by atoms with Crippen molar-refractivity contribution in [3.63, 3.8) is 0 Å². The highest BCUT2D eigenvalue weighted by Gasteiger charge is 2.09. The summed E-state index contributed by atoms with van der Waals surface area (Å²) in [5.74, 6) is -1.81. The first-order chi connectivity index (χ1) is 9.01. The van der Waals surface area contributed by atoms with E-state index in [4.69, 9.17) is 5.11 Å². The number of carbonyl (C=O) groups excluding carboxylic acids is 2. The van der Waals surface area contributed by atoms with Crippen molar-refractivity contribution in [2.45, 2.75) is 26.3 Å². The number of carboxylic acid groups (broad SMARTS) is 1. The monoisotopic (exact) mass is 269 g/mol. The number of amides is 1. The van der Waals surface area contributed by atoms with Crippen molar-refractivity contribution in [3.8, 4) is 0 Å². The van der Waals surface area contributed by atoms with E-state index in [1.807, 2.05) is 0 Å². The molecular weight excluding hydrogens is 254 g/mol. The van der Waals surface area contributed by atoms with Crippen molar-refractivity contribution < 1.29 is 24.2 Å². The molecule has 1 heterocycles.